The van der Waals surface area contributed by atoms with Crippen LogP contribution in [0.1, 0.15) is 65.7 Å². The Morgan fingerprint density at radius 2 is 1.89 bits per heavy atom. The summed E-state index contributed by atoms with van der Waals surface area (Å²) in [6, 6.07) is 1.67. The van der Waals surface area contributed by atoms with E-state index >= 15 is 0 Å². The second-order valence-corrected chi connectivity index (χ2v) is 7.01. The Morgan fingerprint density at radius 1 is 1.05 bits per heavy atom. The first-order valence-electron chi connectivity index (χ1n) is 8.70. The molecule has 2 saturated heterocycles. The zero-order valence-electron chi connectivity index (χ0n) is 13.4. The van der Waals surface area contributed by atoms with Gasteiger partial charge in [-0.1, -0.05) is 46.5 Å². The van der Waals surface area contributed by atoms with Crippen molar-refractivity contribution in [1.29, 1.82) is 0 Å². The number of fused-ring (bicyclic) bond motifs is 1. The van der Waals surface area contributed by atoms with Gasteiger partial charge in [0.05, 0.1) is 0 Å². The van der Waals surface area contributed by atoms with Crippen molar-refractivity contribution in [2.45, 2.75) is 77.8 Å². The Bertz CT molecular complexity index is 252. The van der Waals surface area contributed by atoms with E-state index in [0.717, 1.165) is 18.0 Å². The Hall–Kier alpha value is -0.0800. The Labute approximate surface area is 120 Å². The summed E-state index contributed by atoms with van der Waals surface area (Å²) in [6.45, 7) is 12.5. The number of unbranched alkanes of at least 4 members (excludes halogenated alkanes) is 3. The predicted octanol–water partition coefficient (Wildman–Crippen LogP) is 3.76. The number of piperazine rings is 1. The molecule has 2 nitrogen and oxygen atoms in total. The smallest absolute Gasteiger partial charge is 0.0246 e. The van der Waals surface area contributed by atoms with Crippen LogP contribution in [0, 0.1) is 5.92 Å². The van der Waals surface area contributed by atoms with Crippen molar-refractivity contribution in [1.82, 2.24) is 9.80 Å². The minimum absolute atomic E-state index is 0.800. The Balaban J connectivity index is 1.86. The molecule has 0 spiro atoms. The van der Waals surface area contributed by atoms with Crippen LogP contribution < -0.4 is 0 Å². The van der Waals surface area contributed by atoms with Crippen LogP contribution in [-0.2, 0) is 0 Å². The highest BCUT2D eigenvalue weighted by atomic mass is 15.3. The highest BCUT2D eigenvalue weighted by Gasteiger charge is 2.35. The molecular formula is C17H34N2. The summed E-state index contributed by atoms with van der Waals surface area (Å²) in [6.07, 6.45) is 9.92. The van der Waals surface area contributed by atoms with Crippen LogP contribution in [0.15, 0.2) is 0 Å². The van der Waals surface area contributed by atoms with Crippen molar-refractivity contribution in [2.75, 3.05) is 26.2 Å². The van der Waals surface area contributed by atoms with Gasteiger partial charge in [0, 0.05) is 25.2 Å². The summed E-state index contributed by atoms with van der Waals surface area (Å²) in [4.78, 5) is 5.61. The third-order valence-electron chi connectivity index (χ3n) is 5.15. The van der Waals surface area contributed by atoms with E-state index in [2.05, 4.69) is 30.6 Å². The van der Waals surface area contributed by atoms with Gasteiger partial charge >= 0.3 is 0 Å². The van der Waals surface area contributed by atoms with Crippen molar-refractivity contribution < 1.29 is 0 Å². The van der Waals surface area contributed by atoms with Crippen LogP contribution in [0.2, 0.25) is 0 Å². The largest absolute Gasteiger partial charge is 0.298 e. The average Bonchev–Trinajstić information content (AvgIpc) is 2.42. The molecule has 0 aromatic rings. The molecule has 0 bridgehead atoms. The summed E-state index contributed by atoms with van der Waals surface area (Å²) in [5, 5.41) is 0. The van der Waals surface area contributed by atoms with Crippen molar-refractivity contribution >= 4 is 0 Å². The van der Waals surface area contributed by atoms with E-state index in [-0.39, 0.29) is 0 Å². The molecule has 2 heterocycles. The van der Waals surface area contributed by atoms with Gasteiger partial charge in [-0.3, -0.25) is 9.80 Å². The lowest BCUT2D eigenvalue weighted by Crippen LogP contribution is -2.61. The molecule has 0 aromatic heterocycles. The molecule has 0 aliphatic carbocycles. The number of hydrogen-bond acceptors (Lipinski definition) is 2. The van der Waals surface area contributed by atoms with E-state index in [1.54, 1.807) is 0 Å². The molecule has 0 amide bonds. The first-order chi connectivity index (χ1) is 9.22. The number of piperidine rings is 1. The monoisotopic (exact) mass is 266 g/mol. The molecule has 2 unspecified atom stereocenters. The van der Waals surface area contributed by atoms with Gasteiger partial charge in [-0.25, -0.2) is 0 Å². The van der Waals surface area contributed by atoms with E-state index < -0.39 is 0 Å². The van der Waals surface area contributed by atoms with E-state index in [4.69, 9.17) is 0 Å². The second-order valence-electron chi connectivity index (χ2n) is 7.01. The van der Waals surface area contributed by atoms with Gasteiger partial charge in [-0.2, -0.15) is 0 Å². The first-order valence-corrected chi connectivity index (χ1v) is 8.70. The molecule has 2 aliphatic heterocycles. The van der Waals surface area contributed by atoms with E-state index in [9.17, 15) is 0 Å². The molecule has 0 N–H and O–H groups in total. The molecule has 112 valence electrons. The maximum absolute atomic E-state index is 2.83. The fraction of sp³-hybridized carbons (Fsp3) is 1.00. The maximum Gasteiger partial charge on any atom is 0.0246 e. The molecule has 2 fully saturated rings. The van der Waals surface area contributed by atoms with Crippen molar-refractivity contribution in [3.05, 3.63) is 0 Å². The van der Waals surface area contributed by atoms with Gasteiger partial charge in [0.1, 0.15) is 0 Å². The predicted molar refractivity (Wildman–Crippen MR) is 83.6 cm³/mol. The van der Waals surface area contributed by atoms with Crippen LogP contribution in [-0.4, -0.2) is 48.1 Å². The average molecular weight is 266 g/mol. The van der Waals surface area contributed by atoms with Crippen LogP contribution in [0.4, 0.5) is 0 Å². The molecule has 2 aliphatic rings. The Morgan fingerprint density at radius 3 is 2.63 bits per heavy atom. The standard InChI is InChI=1S/C17H34N2/c1-4-5-6-8-12-19-13-16-10-7-9-11-18(16)14-17(19)15(2)3/h15-17H,4-14H2,1-3H3. The lowest BCUT2D eigenvalue weighted by Gasteiger charge is -2.50. The van der Waals surface area contributed by atoms with Crippen LogP contribution in [0.25, 0.3) is 0 Å². The van der Waals surface area contributed by atoms with Crippen molar-refractivity contribution in [3.8, 4) is 0 Å². The minimum atomic E-state index is 0.800. The zero-order valence-corrected chi connectivity index (χ0v) is 13.4. The van der Waals surface area contributed by atoms with E-state index in [1.807, 2.05) is 0 Å². The van der Waals surface area contributed by atoms with Gasteiger partial charge in [0.15, 0.2) is 0 Å². The topological polar surface area (TPSA) is 6.48 Å². The Kier molecular flexibility index (Phi) is 6.15. The number of nitrogens with zero attached hydrogens (tertiary/aromatic N) is 2. The molecule has 2 rings (SSSR count). The van der Waals surface area contributed by atoms with Crippen molar-refractivity contribution in [3.63, 3.8) is 0 Å². The first kappa shape index (κ1) is 15.3. The molecule has 0 radical (unpaired) electrons. The molecular weight excluding hydrogens is 232 g/mol. The van der Waals surface area contributed by atoms with Crippen molar-refractivity contribution in [2.24, 2.45) is 5.92 Å². The normalized spacial score (nSPS) is 29.7. The SMILES string of the molecule is CCCCCCN1CC2CCCCN2CC1C(C)C. The van der Waals surface area contributed by atoms with Crippen LogP contribution >= 0.6 is 0 Å². The van der Waals surface area contributed by atoms with Gasteiger partial charge in [0.2, 0.25) is 0 Å². The quantitative estimate of drug-likeness (QED) is 0.675. The lowest BCUT2D eigenvalue weighted by molar-refractivity contribution is -0.00806. The molecule has 19 heavy (non-hydrogen) atoms. The molecule has 2 heteroatoms. The van der Waals surface area contributed by atoms with Gasteiger partial charge < -0.3 is 0 Å². The number of hydrogen-bond donors (Lipinski definition) is 0. The summed E-state index contributed by atoms with van der Waals surface area (Å²) in [7, 11) is 0. The van der Waals surface area contributed by atoms with E-state index in [0.29, 0.717) is 0 Å². The summed E-state index contributed by atoms with van der Waals surface area (Å²) < 4.78 is 0. The van der Waals surface area contributed by atoms with Crippen LogP contribution in [0.5, 0.6) is 0 Å². The molecule has 2 atom stereocenters. The fourth-order valence-corrected chi connectivity index (χ4v) is 3.90. The van der Waals surface area contributed by atoms with E-state index in [1.165, 1.54) is 71.1 Å². The minimum Gasteiger partial charge on any atom is -0.298 e. The summed E-state index contributed by atoms with van der Waals surface area (Å²) in [5.41, 5.74) is 0. The molecule has 0 aromatic carbocycles. The highest BCUT2D eigenvalue weighted by Crippen LogP contribution is 2.27. The van der Waals surface area contributed by atoms with Gasteiger partial charge in [0.25, 0.3) is 0 Å². The third kappa shape index (κ3) is 4.19. The zero-order chi connectivity index (χ0) is 13.7. The van der Waals surface area contributed by atoms with Gasteiger partial charge in [-0.15, -0.1) is 0 Å². The third-order valence-corrected chi connectivity index (χ3v) is 5.15. The summed E-state index contributed by atoms with van der Waals surface area (Å²) in [5.74, 6) is 0.800. The second kappa shape index (κ2) is 7.64. The van der Waals surface area contributed by atoms with Crippen LogP contribution in [0.3, 0.4) is 0 Å². The highest BCUT2D eigenvalue weighted by molar-refractivity contribution is 4.91. The summed E-state index contributed by atoms with van der Waals surface area (Å²) >= 11 is 0. The number of rotatable bonds is 6. The van der Waals surface area contributed by atoms with Gasteiger partial charge in [-0.05, 0) is 38.3 Å². The molecule has 0 saturated carbocycles. The lowest BCUT2D eigenvalue weighted by atomic mass is 9.92. The fourth-order valence-electron chi connectivity index (χ4n) is 3.90. The maximum atomic E-state index is 2.83.